The van der Waals surface area contributed by atoms with Crippen LogP contribution < -0.4 is 0 Å². The molecule has 0 aliphatic carbocycles. The maximum Gasteiger partial charge on any atom is 0.0451 e. The molecule has 0 amide bonds. The van der Waals surface area contributed by atoms with E-state index >= 15 is 0 Å². The first-order chi connectivity index (χ1) is 4.83. The quantitative estimate of drug-likeness (QED) is 0.393. The fraction of sp³-hybridized carbons (Fsp3) is 0.778. The van der Waals surface area contributed by atoms with Crippen LogP contribution in [0.3, 0.4) is 0 Å². The number of halogens is 1. The van der Waals surface area contributed by atoms with Crippen LogP contribution in [0.2, 0.25) is 25.7 Å². The highest BCUT2D eigenvalue weighted by molar-refractivity contribution is 9.09. The van der Waals surface area contributed by atoms with E-state index in [0.29, 0.717) is 5.41 Å². The molecule has 0 saturated carbocycles. The van der Waals surface area contributed by atoms with Crippen LogP contribution in [0.1, 0.15) is 6.92 Å². The molecule has 0 N–H and O–H groups in total. The van der Waals surface area contributed by atoms with Gasteiger partial charge in [0.1, 0.15) is 0 Å². The standard InChI is InChI=1S/C9H19BrSi/c1-6-9(2,7-10)8-11(3,4)5/h6H,1,7-8H2,2-5H3. The molecule has 0 aromatic carbocycles. The largest absolute Gasteiger partial charge is 0.103 e. The zero-order chi connectivity index (χ0) is 9.12. The molecular formula is C9H19BrSi. The van der Waals surface area contributed by atoms with E-state index in [9.17, 15) is 0 Å². The molecule has 66 valence electrons. The molecule has 2 heteroatoms. The maximum absolute atomic E-state index is 3.88. The zero-order valence-corrected chi connectivity index (χ0v) is 10.7. The van der Waals surface area contributed by atoms with Crippen molar-refractivity contribution in [3.8, 4) is 0 Å². The topological polar surface area (TPSA) is 0 Å². The van der Waals surface area contributed by atoms with Gasteiger partial charge in [-0.25, -0.2) is 0 Å². The van der Waals surface area contributed by atoms with Gasteiger partial charge in [-0.15, -0.1) is 6.58 Å². The van der Waals surface area contributed by atoms with Gasteiger partial charge in [0.05, 0.1) is 0 Å². The van der Waals surface area contributed by atoms with Crippen LogP contribution in [-0.4, -0.2) is 13.4 Å². The first kappa shape index (κ1) is 11.4. The molecule has 0 aromatic heterocycles. The van der Waals surface area contributed by atoms with Crippen LogP contribution >= 0.6 is 15.9 Å². The minimum absolute atomic E-state index is 0.310. The van der Waals surface area contributed by atoms with Crippen LogP contribution in [0.15, 0.2) is 12.7 Å². The van der Waals surface area contributed by atoms with Gasteiger partial charge in [-0.05, 0) is 11.5 Å². The van der Waals surface area contributed by atoms with Crippen LogP contribution in [0.25, 0.3) is 0 Å². The minimum atomic E-state index is -0.936. The molecule has 0 rings (SSSR count). The number of hydrogen-bond acceptors (Lipinski definition) is 0. The predicted molar refractivity (Wildman–Crippen MR) is 60.3 cm³/mol. The van der Waals surface area contributed by atoms with Crippen molar-refractivity contribution in [2.24, 2.45) is 5.41 Å². The third-order valence-corrected chi connectivity index (χ3v) is 4.88. The minimum Gasteiger partial charge on any atom is -0.103 e. The van der Waals surface area contributed by atoms with E-state index in [1.165, 1.54) is 6.04 Å². The Hall–Kier alpha value is 0.437. The smallest absolute Gasteiger partial charge is 0.0451 e. The van der Waals surface area contributed by atoms with E-state index in [-0.39, 0.29) is 0 Å². The summed E-state index contributed by atoms with van der Waals surface area (Å²) in [5.74, 6) is 0. The van der Waals surface area contributed by atoms with Gasteiger partial charge in [0.2, 0.25) is 0 Å². The first-order valence-electron chi connectivity index (χ1n) is 4.02. The maximum atomic E-state index is 3.88. The van der Waals surface area contributed by atoms with Crippen molar-refractivity contribution >= 4 is 24.0 Å². The molecule has 11 heavy (non-hydrogen) atoms. The monoisotopic (exact) mass is 234 g/mol. The molecule has 0 aliphatic heterocycles. The Kier molecular flexibility index (Phi) is 4.06. The van der Waals surface area contributed by atoms with Gasteiger partial charge in [0.25, 0.3) is 0 Å². The Labute approximate surface area is 80.2 Å². The number of rotatable bonds is 4. The lowest BCUT2D eigenvalue weighted by Crippen LogP contribution is -2.30. The lowest BCUT2D eigenvalue weighted by molar-refractivity contribution is 0.552. The summed E-state index contributed by atoms with van der Waals surface area (Å²) < 4.78 is 0. The highest BCUT2D eigenvalue weighted by Gasteiger charge is 2.26. The number of allylic oxidation sites excluding steroid dienone is 1. The van der Waals surface area contributed by atoms with E-state index in [1.54, 1.807) is 0 Å². The van der Waals surface area contributed by atoms with Crippen molar-refractivity contribution in [1.29, 1.82) is 0 Å². The third kappa shape index (κ3) is 4.80. The predicted octanol–water partition coefficient (Wildman–Crippen LogP) is 3.91. The lowest BCUT2D eigenvalue weighted by atomic mass is 9.97. The molecule has 0 saturated heterocycles. The van der Waals surface area contributed by atoms with Crippen molar-refractivity contribution in [2.75, 3.05) is 5.33 Å². The normalized spacial score (nSPS) is 17.5. The summed E-state index contributed by atoms with van der Waals surface area (Å²) in [4.78, 5) is 0. The molecule has 1 unspecified atom stereocenters. The summed E-state index contributed by atoms with van der Waals surface area (Å²) in [5.41, 5.74) is 0.310. The summed E-state index contributed by atoms with van der Waals surface area (Å²) in [6.07, 6.45) is 2.08. The second-order valence-corrected chi connectivity index (χ2v) is 10.8. The van der Waals surface area contributed by atoms with E-state index in [0.717, 1.165) is 5.33 Å². The van der Waals surface area contributed by atoms with E-state index < -0.39 is 8.07 Å². The van der Waals surface area contributed by atoms with Gasteiger partial charge in [-0.3, -0.25) is 0 Å². The van der Waals surface area contributed by atoms with Crippen LogP contribution in [0, 0.1) is 5.41 Å². The Bertz CT molecular complexity index is 137. The van der Waals surface area contributed by atoms with Crippen LogP contribution in [0.5, 0.6) is 0 Å². The SMILES string of the molecule is C=CC(C)(CBr)C[Si](C)(C)C. The van der Waals surface area contributed by atoms with E-state index in [4.69, 9.17) is 0 Å². The first-order valence-corrected chi connectivity index (χ1v) is 8.85. The highest BCUT2D eigenvalue weighted by atomic mass is 79.9. The van der Waals surface area contributed by atoms with Crippen molar-refractivity contribution in [1.82, 2.24) is 0 Å². The molecule has 1 atom stereocenters. The molecular weight excluding hydrogens is 216 g/mol. The van der Waals surface area contributed by atoms with E-state index in [1.807, 2.05) is 0 Å². The number of alkyl halides is 1. The second-order valence-electron chi connectivity index (χ2n) is 4.73. The van der Waals surface area contributed by atoms with Crippen LogP contribution in [0.4, 0.5) is 0 Å². The molecule has 0 aromatic rings. The summed E-state index contributed by atoms with van der Waals surface area (Å²) in [5, 5.41) is 1.04. The van der Waals surface area contributed by atoms with Gasteiger partial charge in [0, 0.05) is 13.4 Å². The van der Waals surface area contributed by atoms with Crippen molar-refractivity contribution < 1.29 is 0 Å². The summed E-state index contributed by atoms with van der Waals surface area (Å²) in [7, 11) is -0.936. The van der Waals surface area contributed by atoms with E-state index in [2.05, 4.69) is 55.1 Å². The highest BCUT2D eigenvalue weighted by Crippen LogP contribution is 2.31. The molecule has 0 nitrogen and oxygen atoms in total. The van der Waals surface area contributed by atoms with Gasteiger partial charge in [-0.2, -0.15) is 0 Å². The Morgan fingerprint density at radius 1 is 1.45 bits per heavy atom. The average molecular weight is 235 g/mol. The average Bonchev–Trinajstić information content (AvgIpc) is 1.84. The lowest BCUT2D eigenvalue weighted by Gasteiger charge is -2.30. The molecule has 0 radical (unpaired) electrons. The molecule has 0 aliphatic rings. The molecule has 0 heterocycles. The Balaban J connectivity index is 4.19. The third-order valence-electron chi connectivity index (χ3n) is 1.73. The Morgan fingerprint density at radius 2 is 1.91 bits per heavy atom. The summed E-state index contributed by atoms with van der Waals surface area (Å²) in [6, 6.07) is 1.31. The molecule has 0 bridgehead atoms. The molecule has 0 spiro atoms. The number of hydrogen-bond donors (Lipinski definition) is 0. The van der Waals surface area contributed by atoms with Gasteiger partial charge in [-0.1, -0.05) is 48.6 Å². The van der Waals surface area contributed by atoms with Gasteiger partial charge < -0.3 is 0 Å². The van der Waals surface area contributed by atoms with Crippen molar-refractivity contribution in [3.05, 3.63) is 12.7 Å². The van der Waals surface area contributed by atoms with Crippen molar-refractivity contribution in [3.63, 3.8) is 0 Å². The zero-order valence-electron chi connectivity index (χ0n) is 8.08. The summed E-state index contributed by atoms with van der Waals surface area (Å²) in [6.45, 7) is 13.4. The summed E-state index contributed by atoms with van der Waals surface area (Å²) >= 11 is 3.54. The van der Waals surface area contributed by atoms with Gasteiger partial charge in [0.15, 0.2) is 0 Å². The second kappa shape index (κ2) is 3.90. The Morgan fingerprint density at radius 3 is 2.00 bits per heavy atom. The van der Waals surface area contributed by atoms with Gasteiger partial charge >= 0.3 is 0 Å². The van der Waals surface area contributed by atoms with Crippen molar-refractivity contribution in [2.45, 2.75) is 32.6 Å². The fourth-order valence-corrected chi connectivity index (χ4v) is 4.87. The fourth-order valence-electron chi connectivity index (χ4n) is 1.39. The molecule has 0 fully saturated rings. The van der Waals surface area contributed by atoms with Crippen LogP contribution in [-0.2, 0) is 0 Å².